The lowest BCUT2D eigenvalue weighted by atomic mass is 9.78. The molecule has 2 heterocycles. The summed E-state index contributed by atoms with van der Waals surface area (Å²) in [6, 6.07) is 8.06. The molecule has 1 saturated carbocycles. The molecule has 2 unspecified atom stereocenters. The minimum absolute atomic E-state index is 0.163. The Morgan fingerprint density at radius 1 is 1.27 bits per heavy atom. The van der Waals surface area contributed by atoms with Gasteiger partial charge in [0.2, 0.25) is 0 Å². The third-order valence-electron chi connectivity index (χ3n) is 5.64. The van der Waals surface area contributed by atoms with Crippen LogP contribution >= 0.6 is 11.3 Å². The van der Waals surface area contributed by atoms with Crippen LogP contribution in [0.25, 0.3) is 0 Å². The molecule has 2 atom stereocenters. The van der Waals surface area contributed by atoms with Crippen molar-refractivity contribution in [2.75, 3.05) is 6.54 Å². The van der Waals surface area contributed by atoms with E-state index in [4.69, 9.17) is 4.74 Å². The number of fused-ring (bicyclic) bond motifs is 1. The minimum Gasteiger partial charge on any atom is -0.487 e. The van der Waals surface area contributed by atoms with Crippen molar-refractivity contribution in [3.05, 3.63) is 45.9 Å². The highest BCUT2D eigenvalue weighted by Crippen LogP contribution is 2.36. The lowest BCUT2D eigenvalue weighted by Gasteiger charge is -2.44. The summed E-state index contributed by atoms with van der Waals surface area (Å²) in [5.74, 6) is 1.60. The number of aryl methyl sites for hydroxylation is 1. The van der Waals surface area contributed by atoms with Gasteiger partial charge in [-0.25, -0.2) is 4.98 Å². The number of carbonyl (C=O) groups excluding carboxylic acids is 1. The molecule has 1 amide bonds. The molecule has 4 nitrogen and oxygen atoms in total. The number of amides is 1. The third kappa shape index (κ3) is 3.78. The second-order valence-corrected chi connectivity index (χ2v) is 8.49. The van der Waals surface area contributed by atoms with Crippen LogP contribution in [0.3, 0.4) is 0 Å². The van der Waals surface area contributed by atoms with E-state index in [1.165, 1.54) is 25.7 Å². The molecule has 1 aliphatic carbocycles. The first kappa shape index (κ1) is 17.5. The lowest BCUT2D eigenvalue weighted by Crippen LogP contribution is -2.49. The topological polar surface area (TPSA) is 42.4 Å². The number of rotatable bonds is 4. The fourth-order valence-electron chi connectivity index (χ4n) is 4.39. The smallest absolute Gasteiger partial charge is 0.254 e. The van der Waals surface area contributed by atoms with Crippen LogP contribution in [-0.4, -0.2) is 28.4 Å². The van der Waals surface area contributed by atoms with Gasteiger partial charge in [-0.3, -0.25) is 4.79 Å². The summed E-state index contributed by atoms with van der Waals surface area (Å²) in [7, 11) is 0. The van der Waals surface area contributed by atoms with Gasteiger partial charge in [0.1, 0.15) is 12.4 Å². The van der Waals surface area contributed by atoms with Crippen molar-refractivity contribution >= 4 is 17.2 Å². The van der Waals surface area contributed by atoms with Crippen molar-refractivity contribution in [2.24, 2.45) is 5.92 Å². The van der Waals surface area contributed by atoms with E-state index in [0.717, 1.165) is 41.4 Å². The van der Waals surface area contributed by atoms with E-state index in [-0.39, 0.29) is 5.91 Å². The molecule has 26 heavy (non-hydrogen) atoms. The largest absolute Gasteiger partial charge is 0.487 e. The van der Waals surface area contributed by atoms with Crippen molar-refractivity contribution < 1.29 is 9.53 Å². The number of benzene rings is 1. The Bertz CT molecular complexity index is 771. The Morgan fingerprint density at radius 3 is 2.96 bits per heavy atom. The van der Waals surface area contributed by atoms with Gasteiger partial charge in [-0.2, -0.15) is 0 Å². The van der Waals surface area contributed by atoms with Crippen LogP contribution < -0.4 is 4.74 Å². The van der Waals surface area contributed by atoms with Gasteiger partial charge in [0.05, 0.1) is 10.7 Å². The zero-order valence-electron chi connectivity index (χ0n) is 15.3. The van der Waals surface area contributed by atoms with Gasteiger partial charge in [-0.15, -0.1) is 11.3 Å². The van der Waals surface area contributed by atoms with Crippen LogP contribution in [0.1, 0.15) is 59.6 Å². The Kier molecular flexibility index (Phi) is 5.25. The lowest BCUT2D eigenvalue weighted by molar-refractivity contribution is 0.0390. The predicted octanol–water partition coefficient (Wildman–Crippen LogP) is 4.83. The summed E-state index contributed by atoms with van der Waals surface area (Å²) in [5.41, 5.74) is 1.67. The number of nitrogens with zero attached hydrogens (tertiary/aromatic N) is 2. The molecule has 2 aliphatic rings. The quantitative estimate of drug-likeness (QED) is 0.774. The average Bonchev–Trinajstić information content (AvgIpc) is 3.11. The summed E-state index contributed by atoms with van der Waals surface area (Å²) in [6.07, 6.45) is 7.43. The Hall–Kier alpha value is -1.88. The van der Waals surface area contributed by atoms with Crippen LogP contribution in [0.2, 0.25) is 0 Å². The van der Waals surface area contributed by atoms with Crippen LogP contribution in [0.15, 0.2) is 29.6 Å². The Balaban J connectivity index is 1.45. The van der Waals surface area contributed by atoms with Crippen LogP contribution in [0, 0.1) is 12.8 Å². The summed E-state index contributed by atoms with van der Waals surface area (Å²) >= 11 is 1.62. The van der Waals surface area contributed by atoms with Gasteiger partial charge in [0.15, 0.2) is 0 Å². The number of thiazole rings is 1. The molecule has 1 aromatic heterocycles. The molecular formula is C21H26N2O2S. The maximum atomic E-state index is 13.1. The molecule has 5 heteroatoms. The van der Waals surface area contributed by atoms with Gasteiger partial charge in [0.25, 0.3) is 5.91 Å². The van der Waals surface area contributed by atoms with Gasteiger partial charge >= 0.3 is 0 Å². The summed E-state index contributed by atoms with van der Waals surface area (Å²) < 4.78 is 5.86. The van der Waals surface area contributed by atoms with E-state index in [2.05, 4.69) is 9.88 Å². The number of hydrogen-bond acceptors (Lipinski definition) is 4. The van der Waals surface area contributed by atoms with Crippen LogP contribution in [-0.2, 0) is 6.61 Å². The maximum Gasteiger partial charge on any atom is 0.254 e. The molecule has 0 N–H and O–H groups in total. The highest BCUT2D eigenvalue weighted by atomic mass is 32.1. The predicted molar refractivity (Wildman–Crippen MR) is 104 cm³/mol. The number of carbonyl (C=O) groups is 1. The molecule has 0 radical (unpaired) electrons. The van der Waals surface area contributed by atoms with E-state index < -0.39 is 0 Å². The van der Waals surface area contributed by atoms with Crippen molar-refractivity contribution in [3.63, 3.8) is 0 Å². The van der Waals surface area contributed by atoms with Gasteiger partial charge < -0.3 is 9.64 Å². The molecule has 0 spiro atoms. The molecule has 1 aliphatic heterocycles. The average molecular weight is 371 g/mol. The summed E-state index contributed by atoms with van der Waals surface area (Å²) in [5, 5.41) is 3.06. The van der Waals surface area contributed by atoms with Crippen molar-refractivity contribution in [3.8, 4) is 5.75 Å². The second-order valence-electron chi connectivity index (χ2n) is 7.43. The molecule has 2 fully saturated rings. The van der Waals surface area contributed by atoms with Crippen LogP contribution in [0.5, 0.6) is 5.75 Å². The number of ether oxygens (including phenoxy) is 1. The van der Waals surface area contributed by atoms with Gasteiger partial charge in [-0.1, -0.05) is 18.9 Å². The Labute approximate surface area is 159 Å². The van der Waals surface area contributed by atoms with Crippen molar-refractivity contribution in [1.29, 1.82) is 0 Å². The number of hydrogen-bond donors (Lipinski definition) is 0. The summed E-state index contributed by atoms with van der Waals surface area (Å²) in [4.78, 5) is 19.7. The molecular weight excluding hydrogens is 344 g/mol. The third-order valence-corrected chi connectivity index (χ3v) is 6.46. The zero-order valence-corrected chi connectivity index (χ0v) is 16.1. The SMILES string of the molecule is Cc1nc(COc2cccc(C(=O)N3CCCC4CCCCC43)c2)cs1. The maximum absolute atomic E-state index is 13.1. The number of likely N-dealkylation sites (tertiary alicyclic amines) is 1. The molecule has 0 bridgehead atoms. The van der Waals surface area contributed by atoms with E-state index in [0.29, 0.717) is 18.6 Å². The van der Waals surface area contributed by atoms with E-state index in [1.54, 1.807) is 11.3 Å². The Morgan fingerprint density at radius 2 is 2.12 bits per heavy atom. The molecule has 138 valence electrons. The first-order valence-electron chi connectivity index (χ1n) is 9.65. The first-order chi connectivity index (χ1) is 12.7. The molecule has 2 aromatic rings. The second kappa shape index (κ2) is 7.78. The van der Waals surface area contributed by atoms with Gasteiger partial charge in [-0.05, 0) is 56.7 Å². The zero-order chi connectivity index (χ0) is 17.9. The van der Waals surface area contributed by atoms with E-state index in [1.807, 2.05) is 36.6 Å². The number of piperidine rings is 1. The van der Waals surface area contributed by atoms with Gasteiger partial charge in [0, 0.05) is 23.5 Å². The van der Waals surface area contributed by atoms with Crippen LogP contribution in [0.4, 0.5) is 0 Å². The standard InChI is InChI=1S/C21H26N2O2S/c1-15-22-18(14-26-15)13-25-19-9-4-7-17(12-19)21(24)23-11-5-8-16-6-2-3-10-20(16)23/h4,7,9,12,14,16,20H,2-3,5-6,8,10-11,13H2,1H3. The van der Waals surface area contributed by atoms with Crippen molar-refractivity contribution in [2.45, 2.75) is 58.1 Å². The fourth-order valence-corrected chi connectivity index (χ4v) is 4.99. The summed E-state index contributed by atoms with van der Waals surface area (Å²) in [6.45, 7) is 3.32. The van der Waals surface area contributed by atoms with E-state index >= 15 is 0 Å². The number of aromatic nitrogens is 1. The molecule has 1 aromatic carbocycles. The highest BCUT2D eigenvalue weighted by Gasteiger charge is 2.35. The van der Waals surface area contributed by atoms with E-state index in [9.17, 15) is 4.79 Å². The molecule has 1 saturated heterocycles. The molecule has 4 rings (SSSR count). The minimum atomic E-state index is 0.163. The monoisotopic (exact) mass is 370 g/mol. The normalized spacial score (nSPS) is 22.7. The first-order valence-corrected chi connectivity index (χ1v) is 10.5. The van der Waals surface area contributed by atoms with Crippen molar-refractivity contribution in [1.82, 2.24) is 9.88 Å². The highest BCUT2D eigenvalue weighted by molar-refractivity contribution is 7.09. The fraction of sp³-hybridized carbons (Fsp3) is 0.524.